The average Bonchev–Trinajstić information content (AvgIpc) is 3.17. The molecule has 0 aromatic heterocycles. The number of carboxylic acid groups (broad SMARTS) is 1. The minimum Gasteiger partial charge on any atom is -0.489 e. The summed E-state index contributed by atoms with van der Waals surface area (Å²) >= 11 is 0. The molecule has 0 bridgehead atoms. The molecule has 0 radical (unpaired) electrons. The zero-order valence-corrected chi connectivity index (χ0v) is 18.7. The van der Waals surface area contributed by atoms with Crippen LogP contribution >= 0.6 is 0 Å². The van der Waals surface area contributed by atoms with Crippen molar-refractivity contribution < 1.29 is 32.6 Å². The first-order valence-electron chi connectivity index (χ1n) is 11.4. The van der Waals surface area contributed by atoms with Crippen molar-refractivity contribution in [3.05, 3.63) is 58.7 Å². The van der Waals surface area contributed by atoms with Crippen molar-refractivity contribution in [1.29, 1.82) is 0 Å². The molecule has 2 aliphatic rings. The summed E-state index contributed by atoms with van der Waals surface area (Å²) in [6.07, 6.45) is -1.25. The van der Waals surface area contributed by atoms with E-state index < -0.39 is 17.7 Å². The second kappa shape index (κ2) is 10.0. The summed E-state index contributed by atoms with van der Waals surface area (Å²) < 4.78 is 46.6. The van der Waals surface area contributed by atoms with Gasteiger partial charge in [0.2, 0.25) is 5.91 Å². The fourth-order valence-corrected chi connectivity index (χ4v) is 4.39. The summed E-state index contributed by atoms with van der Waals surface area (Å²) in [5.41, 5.74) is 1.95. The molecule has 0 spiro atoms. The van der Waals surface area contributed by atoms with Crippen molar-refractivity contribution in [2.75, 3.05) is 24.5 Å². The normalized spacial score (nSPS) is 15.7. The Balaban J connectivity index is 1.38. The molecule has 0 atom stereocenters. The number of aliphatic carboxylic acids is 1. The lowest BCUT2D eigenvalue weighted by molar-refractivity contribution is -0.139. The van der Waals surface area contributed by atoms with Crippen LogP contribution in [-0.2, 0) is 28.8 Å². The van der Waals surface area contributed by atoms with Gasteiger partial charge in [0, 0.05) is 18.8 Å². The van der Waals surface area contributed by atoms with Gasteiger partial charge in [-0.3, -0.25) is 9.59 Å². The van der Waals surface area contributed by atoms with E-state index in [4.69, 9.17) is 9.84 Å². The molecule has 0 saturated heterocycles. The van der Waals surface area contributed by atoms with Crippen molar-refractivity contribution in [2.45, 2.75) is 50.8 Å². The van der Waals surface area contributed by atoms with E-state index in [-0.39, 0.29) is 37.9 Å². The molecule has 2 N–H and O–H groups in total. The van der Waals surface area contributed by atoms with E-state index >= 15 is 0 Å². The molecule has 34 heavy (non-hydrogen) atoms. The predicted molar refractivity (Wildman–Crippen MR) is 120 cm³/mol. The molecular weight excluding hydrogens is 449 g/mol. The van der Waals surface area contributed by atoms with E-state index in [1.54, 1.807) is 29.2 Å². The number of hydrogen-bond acceptors (Lipinski definition) is 4. The topological polar surface area (TPSA) is 78.9 Å². The zero-order chi connectivity index (χ0) is 24.3. The molecule has 182 valence electrons. The van der Waals surface area contributed by atoms with Crippen LogP contribution in [0, 0.1) is 0 Å². The van der Waals surface area contributed by atoms with Crippen molar-refractivity contribution in [3.63, 3.8) is 0 Å². The Hall–Kier alpha value is -3.07. The number of carboxylic acids is 1. The second-order valence-corrected chi connectivity index (χ2v) is 8.74. The quantitative estimate of drug-likeness (QED) is 0.521. The Morgan fingerprint density at radius 3 is 2.62 bits per heavy atom. The molecule has 4 rings (SSSR count). The number of hydrogen-bond donors (Lipinski definition) is 2. The largest absolute Gasteiger partial charge is 0.489 e. The minimum atomic E-state index is -4.40. The van der Waals surface area contributed by atoms with Crippen LogP contribution in [-0.4, -0.2) is 36.6 Å². The summed E-state index contributed by atoms with van der Waals surface area (Å²) in [7, 11) is 0. The van der Waals surface area contributed by atoms with Gasteiger partial charge in [-0.05, 0) is 66.1 Å². The maximum atomic E-state index is 13.6. The van der Waals surface area contributed by atoms with Gasteiger partial charge in [-0.15, -0.1) is 0 Å². The lowest BCUT2D eigenvalue weighted by atomic mass is 9.78. The molecule has 1 aliphatic carbocycles. The molecule has 1 fully saturated rings. The van der Waals surface area contributed by atoms with Gasteiger partial charge in [0.05, 0.1) is 18.5 Å². The van der Waals surface area contributed by atoms with Gasteiger partial charge in [-0.1, -0.05) is 18.6 Å². The first-order valence-corrected chi connectivity index (χ1v) is 11.4. The van der Waals surface area contributed by atoms with Crippen LogP contribution in [0.25, 0.3) is 0 Å². The molecule has 1 aliphatic heterocycles. The Bertz CT molecular complexity index is 1070. The number of alkyl halides is 3. The maximum absolute atomic E-state index is 13.6. The van der Waals surface area contributed by atoms with Crippen LogP contribution in [0.1, 0.15) is 53.9 Å². The van der Waals surface area contributed by atoms with Crippen LogP contribution < -0.4 is 15.0 Å². The highest BCUT2D eigenvalue weighted by Gasteiger charge is 2.36. The SMILES string of the molecule is O=C(O)CCNCC(=O)N1CCc2cc(OCc3ccc(C4CCC4)c(C(F)(F)F)c3)ccc21. The highest BCUT2D eigenvalue weighted by molar-refractivity contribution is 5.96. The van der Waals surface area contributed by atoms with Gasteiger partial charge in [-0.2, -0.15) is 13.2 Å². The van der Waals surface area contributed by atoms with Crippen LogP contribution in [0.4, 0.5) is 18.9 Å². The molecule has 1 saturated carbocycles. The third-order valence-electron chi connectivity index (χ3n) is 6.41. The Kier molecular flexibility index (Phi) is 7.11. The number of halogens is 3. The average molecular weight is 476 g/mol. The number of ether oxygens (including phenoxy) is 1. The molecule has 2 aromatic rings. The van der Waals surface area contributed by atoms with Crippen molar-refractivity contribution in [2.24, 2.45) is 0 Å². The van der Waals surface area contributed by atoms with Crippen molar-refractivity contribution >= 4 is 17.6 Å². The van der Waals surface area contributed by atoms with E-state index in [0.29, 0.717) is 29.8 Å². The standard InChI is InChI=1S/C25H27F3N2O4/c26-25(27,28)21-12-16(4-6-20(21)17-2-1-3-17)15-34-19-5-7-22-18(13-19)9-11-30(22)23(31)14-29-10-8-24(32)33/h4-7,12-13,17,29H,1-3,8-11,14-15H2,(H,32,33). The third kappa shape index (κ3) is 5.52. The lowest BCUT2D eigenvalue weighted by Gasteiger charge is -2.29. The highest BCUT2D eigenvalue weighted by Crippen LogP contribution is 2.43. The smallest absolute Gasteiger partial charge is 0.416 e. The number of nitrogens with zero attached hydrogens (tertiary/aromatic N) is 1. The van der Waals surface area contributed by atoms with Gasteiger partial charge in [0.25, 0.3) is 0 Å². The Morgan fingerprint density at radius 1 is 1.15 bits per heavy atom. The number of amides is 1. The van der Waals surface area contributed by atoms with Crippen molar-refractivity contribution in [1.82, 2.24) is 5.32 Å². The summed E-state index contributed by atoms with van der Waals surface area (Å²) in [5.74, 6) is -0.558. The van der Waals surface area contributed by atoms with Gasteiger partial charge >= 0.3 is 12.1 Å². The van der Waals surface area contributed by atoms with Crippen LogP contribution in [0.5, 0.6) is 5.75 Å². The summed E-state index contributed by atoms with van der Waals surface area (Å²) in [6, 6.07) is 9.77. The van der Waals surface area contributed by atoms with Gasteiger partial charge in [-0.25, -0.2) is 0 Å². The first-order chi connectivity index (χ1) is 16.2. The van der Waals surface area contributed by atoms with E-state index in [0.717, 1.165) is 30.5 Å². The number of rotatable bonds is 9. The lowest BCUT2D eigenvalue weighted by Crippen LogP contribution is -2.37. The zero-order valence-electron chi connectivity index (χ0n) is 18.7. The fourth-order valence-electron chi connectivity index (χ4n) is 4.39. The van der Waals surface area contributed by atoms with E-state index in [1.807, 2.05) is 6.07 Å². The molecule has 2 aromatic carbocycles. The number of fused-ring (bicyclic) bond motifs is 1. The molecule has 1 heterocycles. The number of anilines is 1. The monoisotopic (exact) mass is 476 g/mol. The van der Waals surface area contributed by atoms with Gasteiger partial charge < -0.3 is 20.1 Å². The molecule has 0 unspecified atom stereocenters. The summed E-state index contributed by atoms with van der Waals surface area (Å²) in [4.78, 5) is 24.7. The molecule has 6 nitrogen and oxygen atoms in total. The van der Waals surface area contributed by atoms with Crippen molar-refractivity contribution in [3.8, 4) is 5.75 Å². The number of carbonyl (C=O) groups excluding carboxylic acids is 1. The third-order valence-corrected chi connectivity index (χ3v) is 6.41. The second-order valence-electron chi connectivity index (χ2n) is 8.74. The number of benzene rings is 2. The summed E-state index contributed by atoms with van der Waals surface area (Å²) in [6.45, 7) is 0.786. The van der Waals surface area contributed by atoms with E-state index in [2.05, 4.69) is 5.32 Å². The highest BCUT2D eigenvalue weighted by atomic mass is 19.4. The van der Waals surface area contributed by atoms with Crippen LogP contribution in [0.3, 0.4) is 0 Å². The summed E-state index contributed by atoms with van der Waals surface area (Å²) in [5, 5.41) is 11.5. The fraction of sp³-hybridized carbons (Fsp3) is 0.440. The maximum Gasteiger partial charge on any atom is 0.416 e. The number of nitrogens with one attached hydrogen (secondary N) is 1. The van der Waals surface area contributed by atoms with E-state index in [9.17, 15) is 22.8 Å². The molecular formula is C25H27F3N2O4. The Morgan fingerprint density at radius 2 is 1.94 bits per heavy atom. The Labute approximate surface area is 195 Å². The van der Waals surface area contributed by atoms with Crippen LogP contribution in [0.15, 0.2) is 36.4 Å². The van der Waals surface area contributed by atoms with E-state index in [1.165, 1.54) is 6.07 Å². The first kappa shape index (κ1) is 24.1. The predicted octanol–water partition coefficient (Wildman–Crippen LogP) is 4.51. The minimum absolute atomic E-state index is 0.0127. The number of carbonyl (C=O) groups is 2. The molecule has 1 amide bonds. The molecule has 9 heteroatoms. The van der Waals surface area contributed by atoms with Crippen LogP contribution in [0.2, 0.25) is 0 Å². The van der Waals surface area contributed by atoms with Gasteiger partial charge in [0.1, 0.15) is 12.4 Å². The van der Waals surface area contributed by atoms with Gasteiger partial charge in [0.15, 0.2) is 0 Å².